The van der Waals surface area contributed by atoms with Crippen molar-refractivity contribution in [1.29, 1.82) is 0 Å². The number of benzene rings is 1. The van der Waals surface area contributed by atoms with E-state index >= 15 is 0 Å². The molecule has 1 aromatic rings. The van der Waals surface area contributed by atoms with Gasteiger partial charge in [-0.15, -0.1) is 0 Å². The number of likely N-dealkylation sites (N-methyl/N-ethyl adjacent to an activating group) is 1. The van der Waals surface area contributed by atoms with Crippen molar-refractivity contribution in [2.75, 3.05) is 32.6 Å². The lowest BCUT2D eigenvalue weighted by Gasteiger charge is -2.22. The minimum Gasteiger partial charge on any atom is -0.497 e. The predicted octanol–water partition coefficient (Wildman–Crippen LogP) is 0.595. The molecule has 0 aliphatic carbocycles. The summed E-state index contributed by atoms with van der Waals surface area (Å²) >= 11 is 0. The van der Waals surface area contributed by atoms with Gasteiger partial charge in [0, 0.05) is 19.3 Å². The summed E-state index contributed by atoms with van der Waals surface area (Å²) in [6.07, 6.45) is 0.675. The number of hydrogen-bond acceptors (Lipinski definition) is 4. The van der Waals surface area contributed by atoms with Crippen molar-refractivity contribution in [1.82, 2.24) is 5.32 Å². The second-order valence-electron chi connectivity index (χ2n) is 4.15. The fourth-order valence-corrected chi connectivity index (χ4v) is 1.72. The highest BCUT2D eigenvalue weighted by Gasteiger charge is 2.13. The lowest BCUT2D eigenvalue weighted by molar-refractivity contribution is -0.119. The molecule has 0 aliphatic heterocycles. The summed E-state index contributed by atoms with van der Waals surface area (Å²) in [4.78, 5) is 13.2. The van der Waals surface area contributed by atoms with E-state index in [9.17, 15) is 4.79 Å². The Morgan fingerprint density at radius 3 is 2.50 bits per heavy atom. The van der Waals surface area contributed by atoms with Gasteiger partial charge in [0.2, 0.25) is 5.91 Å². The third-order valence-corrected chi connectivity index (χ3v) is 2.96. The number of carbonyl (C=O) groups is 1. The average Bonchev–Trinajstić information content (AvgIpc) is 2.39. The maximum atomic E-state index is 11.1. The maximum Gasteiger partial charge on any atom is 0.234 e. The number of hydrogen-bond donors (Lipinski definition) is 2. The first kappa shape index (κ1) is 14.3. The predicted molar refractivity (Wildman–Crippen MR) is 72.9 cm³/mol. The SMILES string of the molecule is CNC(CCN(C)c1ccc(OC)cc1)C(N)=O. The second-order valence-corrected chi connectivity index (χ2v) is 4.15. The summed E-state index contributed by atoms with van der Waals surface area (Å²) in [6, 6.07) is 7.51. The molecule has 0 fully saturated rings. The molecule has 5 nitrogen and oxygen atoms in total. The van der Waals surface area contributed by atoms with Gasteiger partial charge in [-0.05, 0) is 37.7 Å². The smallest absolute Gasteiger partial charge is 0.234 e. The lowest BCUT2D eigenvalue weighted by atomic mass is 10.2. The van der Waals surface area contributed by atoms with E-state index in [0.29, 0.717) is 6.42 Å². The van der Waals surface area contributed by atoms with Crippen LogP contribution in [0, 0.1) is 0 Å². The molecular weight excluding hydrogens is 230 g/mol. The van der Waals surface area contributed by atoms with E-state index < -0.39 is 0 Å². The van der Waals surface area contributed by atoms with Gasteiger partial charge in [0.05, 0.1) is 13.2 Å². The molecule has 1 amide bonds. The van der Waals surface area contributed by atoms with E-state index in [4.69, 9.17) is 10.5 Å². The summed E-state index contributed by atoms with van der Waals surface area (Å²) in [7, 11) is 5.36. The van der Waals surface area contributed by atoms with Crippen LogP contribution >= 0.6 is 0 Å². The molecule has 100 valence electrons. The van der Waals surface area contributed by atoms with Crippen molar-refractivity contribution in [3.63, 3.8) is 0 Å². The van der Waals surface area contributed by atoms with Gasteiger partial charge in [0.1, 0.15) is 5.75 Å². The summed E-state index contributed by atoms with van der Waals surface area (Å²) in [6.45, 7) is 0.751. The van der Waals surface area contributed by atoms with Crippen LogP contribution < -0.4 is 20.7 Å². The molecule has 18 heavy (non-hydrogen) atoms. The first-order valence-electron chi connectivity index (χ1n) is 5.90. The highest BCUT2D eigenvalue weighted by atomic mass is 16.5. The van der Waals surface area contributed by atoms with Gasteiger partial charge in [-0.25, -0.2) is 0 Å². The van der Waals surface area contributed by atoms with E-state index in [-0.39, 0.29) is 11.9 Å². The number of amides is 1. The van der Waals surface area contributed by atoms with Crippen LogP contribution in [0.15, 0.2) is 24.3 Å². The second kappa shape index (κ2) is 6.86. The number of primary amides is 1. The number of anilines is 1. The molecule has 5 heteroatoms. The Kier molecular flexibility index (Phi) is 5.45. The van der Waals surface area contributed by atoms with Gasteiger partial charge in [0.25, 0.3) is 0 Å². The van der Waals surface area contributed by atoms with Crippen LogP contribution in [-0.2, 0) is 4.79 Å². The highest BCUT2D eigenvalue weighted by molar-refractivity contribution is 5.79. The molecule has 0 bridgehead atoms. The fourth-order valence-electron chi connectivity index (χ4n) is 1.72. The molecule has 1 unspecified atom stereocenters. The number of methoxy groups -OCH3 is 1. The Balaban J connectivity index is 2.53. The maximum absolute atomic E-state index is 11.1. The molecule has 3 N–H and O–H groups in total. The van der Waals surface area contributed by atoms with Crippen LogP contribution in [0.1, 0.15) is 6.42 Å². The summed E-state index contributed by atoms with van der Waals surface area (Å²) < 4.78 is 5.11. The van der Waals surface area contributed by atoms with Gasteiger partial charge in [-0.3, -0.25) is 4.79 Å². The third-order valence-electron chi connectivity index (χ3n) is 2.96. The van der Waals surface area contributed by atoms with Gasteiger partial charge in [-0.1, -0.05) is 0 Å². The van der Waals surface area contributed by atoms with Crippen molar-refractivity contribution in [3.8, 4) is 5.75 Å². The average molecular weight is 251 g/mol. The summed E-state index contributed by atoms with van der Waals surface area (Å²) in [5.74, 6) is 0.512. The molecule has 1 rings (SSSR count). The highest BCUT2D eigenvalue weighted by Crippen LogP contribution is 2.18. The van der Waals surface area contributed by atoms with E-state index in [1.165, 1.54) is 0 Å². The van der Waals surface area contributed by atoms with E-state index in [1.54, 1.807) is 14.2 Å². The summed E-state index contributed by atoms with van der Waals surface area (Å²) in [5.41, 5.74) is 6.35. The number of nitrogens with zero attached hydrogens (tertiary/aromatic N) is 1. The first-order valence-corrected chi connectivity index (χ1v) is 5.90. The van der Waals surface area contributed by atoms with Gasteiger partial charge in [-0.2, -0.15) is 0 Å². The van der Waals surface area contributed by atoms with E-state index in [0.717, 1.165) is 18.0 Å². The Labute approximate surface area is 108 Å². The monoisotopic (exact) mass is 251 g/mol. The Bertz CT molecular complexity index is 378. The van der Waals surface area contributed by atoms with Crippen LogP contribution in [0.25, 0.3) is 0 Å². The Hall–Kier alpha value is -1.75. The normalized spacial score (nSPS) is 11.9. The molecule has 0 aromatic heterocycles. The van der Waals surface area contributed by atoms with Crippen molar-refractivity contribution in [2.24, 2.45) is 5.73 Å². The summed E-state index contributed by atoms with van der Waals surface area (Å²) in [5, 5.41) is 2.91. The lowest BCUT2D eigenvalue weighted by Crippen LogP contribution is -2.41. The molecule has 1 atom stereocenters. The number of carbonyl (C=O) groups excluding carboxylic acids is 1. The fraction of sp³-hybridized carbons (Fsp3) is 0.462. The number of nitrogens with two attached hydrogens (primary N) is 1. The van der Waals surface area contributed by atoms with Crippen molar-refractivity contribution < 1.29 is 9.53 Å². The zero-order valence-electron chi connectivity index (χ0n) is 11.1. The molecule has 0 saturated carbocycles. The van der Waals surface area contributed by atoms with Crippen LogP contribution in [0.4, 0.5) is 5.69 Å². The third kappa shape index (κ3) is 3.92. The zero-order valence-corrected chi connectivity index (χ0v) is 11.1. The van der Waals surface area contributed by atoms with Crippen LogP contribution in [0.2, 0.25) is 0 Å². The molecular formula is C13H21N3O2. The van der Waals surface area contributed by atoms with Gasteiger partial charge >= 0.3 is 0 Å². The number of rotatable bonds is 7. The first-order chi connectivity index (χ1) is 8.58. The molecule has 0 radical (unpaired) electrons. The molecule has 0 saturated heterocycles. The molecule has 0 heterocycles. The zero-order chi connectivity index (χ0) is 13.5. The number of ether oxygens (including phenoxy) is 1. The molecule has 0 spiro atoms. The largest absolute Gasteiger partial charge is 0.497 e. The Morgan fingerprint density at radius 2 is 2.06 bits per heavy atom. The van der Waals surface area contributed by atoms with E-state index in [1.807, 2.05) is 31.3 Å². The van der Waals surface area contributed by atoms with Crippen LogP contribution in [-0.4, -0.2) is 39.7 Å². The van der Waals surface area contributed by atoms with Gasteiger partial charge in [0.15, 0.2) is 0 Å². The van der Waals surface area contributed by atoms with E-state index in [2.05, 4.69) is 10.2 Å². The van der Waals surface area contributed by atoms with Crippen LogP contribution in [0.5, 0.6) is 5.75 Å². The van der Waals surface area contributed by atoms with Crippen molar-refractivity contribution in [2.45, 2.75) is 12.5 Å². The van der Waals surface area contributed by atoms with Crippen molar-refractivity contribution in [3.05, 3.63) is 24.3 Å². The quantitative estimate of drug-likeness (QED) is 0.744. The molecule has 0 aliphatic rings. The topological polar surface area (TPSA) is 67.6 Å². The minimum atomic E-state index is -0.319. The standard InChI is InChI=1S/C13H21N3O2/c1-15-12(13(14)17)8-9-16(2)10-4-6-11(18-3)7-5-10/h4-7,12,15H,8-9H2,1-3H3,(H2,14,17). The number of nitrogens with one attached hydrogen (secondary N) is 1. The van der Waals surface area contributed by atoms with Gasteiger partial charge < -0.3 is 20.7 Å². The Morgan fingerprint density at radius 1 is 1.44 bits per heavy atom. The molecule has 1 aromatic carbocycles. The minimum absolute atomic E-state index is 0.286. The van der Waals surface area contributed by atoms with Crippen molar-refractivity contribution >= 4 is 11.6 Å². The van der Waals surface area contributed by atoms with Crippen LogP contribution in [0.3, 0.4) is 0 Å².